The molecule has 2 atom stereocenters. The maximum Gasteiger partial charge on any atom is 0.339 e. The molecule has 0 saturated heterocycles. The Hall–Kier alpha value is -4.74. The lowest BCUT2D eigenvalue weighted by Gasteiger charge is -2.35. The average molecular weight is 531 g/mol. The van der Waals surface area contributed by atoms with Crippen LogP contribution in [0.3, 0.4) is 0 Å². The van der Waals surface area contributed by atoms with Crippen LogP contribution < -0.4 is 4.74 Å². The van der Waals surface area contributed by atoms with Gasteiger partial charge in [0.25, 0.3) is 0 Å². The number of carbonyl (C=O) groups is 2. The minimum atomic E-state index is -1.00. The number of carbonyl (C=O) groups excluding carboxylic acids is 2. The van der Waals surface area contributed by atoms with Crippen LogP contribution in [0.2, 0.25) is 0 Å². The summed E-state index contributed by atoms with van der Waals surface area (Å²) >= 11 is 0. The lowest BCUT2D eigenvalue weighted by molar-refractivity contribution is -0.166. The van der Waals surface area contributed by atoms with Gasteiger partial charge in [-0.25, -0.2) is 4.79 Å². The molecule has 2 unspecified atom stereocenters. The van der Waals surface area contributed by atoms with Crippen molar-refractivity contribution in [3.05, 3.63) is 156 Å². The highest BCUT2D eigenvalue weighted by atomic mass is 16.6. The summed E-state index contributed by atoms with van der Waals surface area (Å²) < 4.78 is 18.0. The Balaban J connectivity index is 1.46. The van der Waals surface area contributed by atoms with Crippen molar-refractivity contribution in [1.82, 2.24) is 0 Å². The first-order valence-corrected chi connectivity index (χ1v) is 13.2. The highest BCUT2D eigenvalue weighted by molar-refractivity contribution is 6.10. The van der Waals surface area contributed by atoms with Gasteiger partial charge in [0.05, 0.1) is 12.7 Å². The van der Waals surface area contributed by atoms with Gasteiger partial charge in [-0.15, -0.1) is 0 Å². The molecule has 1 aliphatic rings. The molecule has 200 valence electrons. The number of para-hydroxylation sites is 1. The predicted octanol–water partition coefficient (Wildman–Crippen LogP) is 7.01. The smallest absolute Gasteiger partial charge is 0.339 e. The van der Waals surface area contributed by atoms with Gasteiger partial charge < -0.3 is 14.2 Å². The predicted molar refractivity (Wildman–Crippen MR) is 155 cm³/mol. The molecule has 0 radical (unpaired) electrons. The Morgan fingerprint density at radius 1 is 0.800 bits per heavy atom. The fourth-order valence-corrected chi connectivity index (χ4v) is 4.68. The molecule has 5 nitrogen and oxygen atoms in total. The van der Waals surface area contributed by atoms with Crippen LogP contribution in [0.4, 0.5) is 0 Å². The Kier molecular flexibility index (Phi) is 8.33. The first kappa shape index (κ1) is 26.9. The van der Waals surface area contributed by atoms with Crippen molar-refractivity contribution < 1.29 is 23.8 Å². The number of hydrogen-bond acceptors (Lipinski definition) is 5. The number of rotatable bonds is 10. The largest absolute Gasteiger partial charge is 0.489 e. The van der Waals surface area contributed by atoms with Gasteiger partial charge in [0.2, 0.25) is 0 Å². The average Bonchev–Trinajstić information content (AvgIpc) is 3.04. The summed E-state index contributed by atoms with van der Waals surface area (Å²) in [6.07, 6.45) is 5.49. The number of allylic oxidation sites excluding steroid dienone is 2. The highest BCUT2D eigenvalue weighted by Crippen LogP contribution is 2.36. The van der Waals surface area contributed by atoms with Crippen molar-refractivity contribution in [1.29, 1.82) is 0 Å². The summed E-state index contributed by atoms with van der Waals surface area (Å²) in [5.74, 6) is -0.190. The van der Waals surface area contributed by atoms with E-state index >= 15 is 0 Å². The number of ether oxygens (including phenoxy) is 3. The topological polar surface area (TPSA) is 61.8 Å². The van der Waals surface area contributed by atoms with E-state index in [9.17, 15) is 9.59 Å². The summed E-state index contributed by atoms with van der Waals surface area (Å²) in [5, 5.41) is 0. The van der Waals surface area contributed by atoms with Crippen molar-refractivity contribution in [3.63, 3.8) is 0 Å². The highest BCUT2D eigenvalue weighted by Gasteiger charge is 2.38. The van der Waals surface area contributed by atoms with Gasteiger partial charge in [-0.2, -0.15) is 0 Å². The van der Waals surface area contributed by atoms with Gasteiger partial charge >= 0.3 is 5.97 Å². The van der Waals surface area contributed by atoms with Crippen LogP contribution in [0.1, 0.15) is 39.6 Å². The molecule has 0 aromatic heterocycles. The summed E-state index contributed by atoms with van der Waals surface area (Å²) in [6, 6.07) is 35.6. The molecule has 0 fully saturated rings. The van der Waals surface area contributed by atoms with Crippen LogP contribution in [0.15, 0.2) is 133 Å². The minimum absolute atomic E-state index is 0.0709. The van der Waals surface area contributed by atoms with Gasteiger partial charge in [-0.05, 0) is 34.9 Å². The number of hydrogen-bond donors (Lipinski definition) is 0. The van der Waals surface area contributed by atoms with Gasteiger partial charge in [0.1, 0.15) is 18.0 Å². The molecule has 4 aromatic rings. The van der Waals surface area contributed by atoms with Gasteiger partial charge in [0, 0.05) is 12.0 Å². The van der Waals surface area contributed by atoms with E-state index in [1.165, 1.54) is 7.11 Å². The van der Waals surface area contributed by atoms with Crippen LogP contribution in [-0.2, 0) is 14.3 Å². The molecular formula is C35H30O5. The third-order valence-electron chi connectivity index (χ3n) is 6.85. The van der Waals surface area contributed by atoms with E-state index in [2.05, 4.69) is 6.08 Å². The molecule has 5 rings (SSSR count). The molecule has 0 N–H and O–H groups in total. The van der Waals surface area contributed by atoms with E-state index < -0.39 is 17.7 Å². The molecule has 1 aliphatic carbocycles. The molecule has 5 heteroatoms. The van der Waals surface area contributed by atoms with Crippen LogP contribution in [0.5, 0.6) is 5.75 Å². The Bertz CT molecular complexity index is 1510. The second-order valence-electron chi connectivity index (χ2n) is 9.54. The van der Waals surface area contributed by atoms with Crippen molar-refractivity contribution in [2.45, 2.75) is 18.1 Å². The Labute approximate surface area is 234 Å². The SMILES string of the molecule is COC(=O)C(OC1(COc2ccccc2C(=O)c2ccccc2)C=CC(c2ccccc2)=CC1)c1ccccc1. The van der Waals surface area contributed by atoms with E-state index in [1.807, 2.05) is 103 Å². The zero-order chi connectivity index (χ0) is 27.8. The molecule has 0 amide bonds. The first-order chi connectivity index (χ1) is 19.6. The number of ketones is 1. The fraction of sp³-hybridized carbons (Fsp3) is 0.143. The van der Waals surface area contributed by atoms with Crippen LogP contribution in [-0.4, -0.2) is 31.1 Å². The van der Waals surface area contributed by atoms with E-state index in [0.717, 1.165) is 11.1 Å². The molecule has 4 aromatic carbocycles. The normalized spacial score (nSPS) is 17.0. The third kappa shape index (κ3) is 6.11. The second kappa shape index (κ2) is 12.4. The van der Waals surface area contributed by atoms with Crippen molar-refractivity contribution in [2.24, 2.45) is 0 Å². The van der Waals surface area contributed by atoms with Crippen LogP contribution in [0.25, 0.3) is 5.57 Å². The summed E-state index contributed by atoms with van der Waals surface area (Å²) in [6.45, 7) is 0.0709. The van der Waals surface area contributed by atoms with Crippen LogP contribution >= 0.6 is 0 Å². The number of methoxy groups -OCH3 is 1. The molecular weight excluding hydrogens is 500 g/mol. The van der Waals surface area contributed by atoms with Crippen molar-refractivity contribution >= 4 is 17.3 Å². The molecule has 0 spiro atoms. The zero-order valence-electron chi connectivity index (χ0n) is 22.2. The summed E-state index contributed by atoms with van der Waals surface area (Å²) in [5.41, 5.74) is 2.84. The zero-order valence-corrected chi connectivity index (χ0v) is 22.2. The Morgan fingerprint density at radius 2 is 1.43 bits per heavy atom. The fourth-order valence-electron chi connectivity index (χ4n) is 4.68. The van der Waals surface area contributed by atoms with E-state index in [4.69, 9.17) is 14.2 Å². The lowest BCUT2D eigenvalue weighted by Crippen LogP contribution is -2.41. The van der Waals surface area contributed by atoms with Gasteiger partial charge in [-0.1, -0.05) is 115 Å². The molecule has 0 heterocycles. The van der Waals surface area contributed by atoms with E-state index in [0.29, 0.717) is 28.9 Å². The monoisotopic (exact) mass is 530 g/mol. The van der Waals surface area contributed by atoms with Crippen molar-refractivity contribution in [2.75, 3.05) is 13.7 Å². The lowest BCUT2D eigenvalue weighted by atomic mass is 9.89. The maximum atomic E-state index is 13.3. The molecule has 40 heavy (non-hydrogen) atoms. The van der Waals surface area contributed by atoms with E-state index in [1.54, 1.807) is 24.3 Å². The third-order valence-corrected chi connectivity index (χ3v) is 6.85. The van der Waals surface area contributed by atoms with Crippen LogP contribution in [0, 0.1) is 0 Å². The minimum Gasteiger partial charge on any atom is -0.489 e. The number of benzene rings is 4. The molecule has 0 bridgehead atoms. The van der Waals surface area contributed by atoms with E-state index in [-0.39, 0.29) is 12.4 Å². The summed E-state index contributed by atoms with van der Waals surface area (Å²) in [7, 11) is 1.35. The maximum absolute atomic E-state index is 13.3. The Morgan fingerprint density at radius 3 is 2.08 bits per heavy atom. The molecule has 0 saturated carbocycles. The van der Waals surface area contributed by atoms with Gasteiger partial charge in [-0.3, -0.25) is 4.79 Å². The first-order valence-electron chi connectivity index (χ1n) is 13.2. The standard InChI is InChI=1S/C35H30O5/c1-38-34(37)33(29-17-9-4-10-18-29)40-35(23-21-27(22-24-35)26-13-5-2-6-14-26)25-39-31-20-12-11-19-30(31)32(36)28-15-7-3-8-16-28/h2-23,33H,24-25H2,1H3. The quantitative estimate of drug-likeness (QED) is 0.163. The molecule has 0 aliphatic heterocycles. The van der Waals surface area contributed by atoms with Gasteiger partial charge in [0.15, 0.2) is 11.9 Å². The summed E-state index contributed by atoms with van der Waals surface area (Å²) in [4.78, 5) is 26.2. The number of esters is 1. The van der Waals surface area contributed by atoms with Crippen molar-refractivity contribution in [3.8, 4) is 5.75 Å². The second-order valence-corrected chi connectivity index (χ2v) is 9.54.